The molecule has 2 unspecified atom stereocenters. The van der Waals surface area contributed by atoms with Gasteiger partial charge in [0.25, 0.3) is 0 Å². The van der Waals surface area contributed by atoms with Gasteiger partial charge in [0, 0.05) is 18.2 Å². The Labute approximate surface area is 148 Å². The van der Waals surface area contributed by atoms with Gasteiger partial charge in [0.1, 0.15) is 0 Å². The number of esters is 1. The van der Waals surface area contributed by atoms with Crippen LogP contribution in [0.5, 0.6) is 0 Å². The number of ether oxygens (including phenoxy) is 1. The molecule has 2 rings (SSSR count). The number of Topliss-reactive ketones (excluding diaryl/α,β-unsaturated/α-hetero) is 1. The Morgan fingerprint density at radius 3 is 2.79 bits per heavy atom. The fourth-order valence-electron chi connectivity index (χ4n) is 3.53. The third kappa shape index (κ3) is 3.66. The molecule has 0 bridgehead atoms. The standard InChI is InChI=1S/C18H26N2O3S/c1-12-5-3-4-6-13(12)9-18(17(22)23-2)7-8-20-10-14(18)16(21)15(19)11-24/h3-6,14-15,20,24H,7-11,19H2,1-2H3/t14?,15-,18?/m0/s1. The molecule has 1 heterocycles. The van der Waals surface area contributed by atoms with Crippen LogP contribution < -0.4 is 11.1 Å². The quantitative estimate of drug-likeness (QED) is 0.529. The first-order valence-electron chi connectivity index (χ1n) is 8.20. The van der Waals surface area contributed by atoms with Gasteiger partial charge in [-0.1, -0.05) is 24.3 Å². The average Bonchev–Trinajstić information content (AvgIpc) is 2.62. The summed E-state index contributed by atoms with van der Waals surface area (Å²) in [6, 6.07) is 7.25. The molecular weight excluding hydrogens is 324 g/mol. The number of carbonyl (C=O) groups excluding carboxylic acids is 2. The van der Waals surface area contributed by atoms with Crippen molar-refractivity contribution in [1.29, 1.82) is 0 Å². The van der Waals surface area contributed by atoms with Crippen LogP contribution in [0.2, 0.25) is 0 Å². The van der Waals surface area contributed by atoms with Gasteiger partial charge in [0.15, 0.2) is 5.78 Å². The molecule has 0 radical (unpaired) electrons. The zero-order valence-corrected chi connectivity index (χ0v) is 15.1. The second kappa shape index (κ2) is 8.14. The third-order valence-electron chi connectivity index (χ3n) is 5.03. The number of hydrogen-bond donors (Lipinski definition) is 3. The molecule has 1 aromatic rings. The molecule has 0 aromatic heterocycles. The Morgan fingerprint density at radius 2 is 2.17 bits per heavy atom. The van der Waals surface area contributed by atoms with E-state index in [1.54, 1.807) is 0 Å². The second-order valence-electron chi connectivity index (χ2n) is 6.45. The van der Waals surface area contributed by atoms with Gasteiger partial charge in [-0.2, -0.15) is 12.6 Å². The van der Waals surface area contributed by atoms with Crippen LogP contribution in [0.15, 0.2) is 24.3 Å². The molecule has 0 saturated carbocycles. The maximum absolute atomic E-state index is 12.8. The largest absolute Gasteiger partial charge is 0.469 e. The summed E-state index contributed by atoms with van der Waals surface area (Å²) in [5, 5.41) is 3.22. The minimum atomic E-state index is -0.885. The molecule has 24 heavy (non-hydrogen) atoms. The molecule has 132 valence electrons. The number of aryl methyl sites for hydroxylation is 1. The monoisotopic (exact) mass is 350 g/mol. The van der Waals surface area contributed by atoms with Crippen molar-refractivity contribution in [2.45, 2.75) is 25.8 Å². The summed E-state index contributed by atoms with van der Waals surface area (Å²) in [5.74, 6) is -0.717. The first-order valence-corrected chi connectivity index (χ1v) is 8.83. The van der Waals surface area contributed by atoms with Gasteiger partial charge in [-0.3, -0.25) is 9.59 Å². The molecule has 5 nitrogen and oxygen atoms in total. The number of methoxy groups -OCH3 is 1. The van der Waals surface area contributed by atoms with E-state index in [2.05, 4.69) is 17.9 Å². The Morgan fingerprint density at radius 1 is 1.46 bits per heavy atom. The highest BCUT2D eigenvalue weighted by atomic mass is 32.1. The molecule has 3 atom stereocenters. The van der Waals surface area contributed by atoms with Crippen molar-refractivity contribution in [2.75, 3.05) is 26.0 Å². The lowest BCUT2D eigenvalue weighted by atomic mass is 9.64. The SMILES string of the molecule is COC(=O)C1(Cc2ccccc2C)CCNCC1C(=O)[C@@H](N)CS. The highest BCUT2D eigenvalue weighted by Gasteiger charge is 2.51. The predicted octanol–water partition coefficient (Wildman–Crippen LogP) is 1.13. The number of piperidine rings is 1. The Bertz CT molecular complexity index is 608. The lowest BCUT2D eigenvalue weighted by molar-refractivity contribution is -0.161. The van der Waals surface area contributed by atoms with Gasteiger partial charge in [-0.15, -0.1) is 0 Å². The Balaban J connectivity index is 2.45. The van der Waals surface area contributed by atoms with E-state index in [1.807, 2.05) is 31.2 Å². The summed E-state index contributed by atoms with van der Waals surface area (Å²) in [6.45, 7) is 3.11. The number of thiol groups is 1. The van der Waals surface area contributed by atoms with Crippen molar-refractivity contribution in [3.05, 3.63) is 35.4 Å². The van der Waals surface area contributed by atoms with Gasteiger partial charge in [-0.25, -0.2) is 0 Å². The molecule has 1 aliphatic rings. The summed E-state index contributed by atoms with van der Waals surface area (Å²) < 4.78 is 5.12. The molecular formula is C18H26N2O3S. The van der Waals surface area contributed by atoms with Crippen LogP contribution in [0.3, 0.4) is 0 Å². The number of nitrogens with one attached hydrogen (secondary N) is 1. The van der Waals surface area contributed by atoms with Gasteiger partial charge in [0.2, 0.25) is 0 Å². The van der Waals surface area contributed by atoms with Crippen LogP contribution in [0, 0.1) is 18.3 Å². The van der Waals surface area contributed by atoms with Gasteiger partial charge in [-0.05, 0) is 37.4 Å². The molecule has 1 aliphatic heterocycles. The highest BCUT2D eigenvalue weighted by molar-refractivity contribution is 7.80. The number of nitrogens with two attached hydrogens (primary N) is 1. The van der Waals surface area contributed by atoms with E-state index in [0.29, 0.717) is 25.9 Å². The van der Waals surface area contributed by atoms with E-state index >= 15 is 0 Å². The zero-order valence-electron chi connectivity index (χ0n) is 14.2. The van der Waals surface area contributed by atoms with E-state index in [-0.39, 0.29) is 17.5 Å². The number of carbonyl (C=O) groups is 2. The topological polar surface area (TPSA) is 81.4 Å². The maximum atomic E-state index is 12.8. The van der Waals surface area contributed by atoms with Crippen molar-refractivity contribution >= 4 is 24.4 Å². The Hall–Kier alpha value is -1.37. The zero-order chi connectivity index (χ0) is 17.7. The lowest BCUT2D eigenvalue weighted by Gasteiger charge is -2.42. The average molecular weight is 350 g/mol. The van der Waals surface area contributed by atoms with E-state index in [4.69, 9.17) is 10.5 Å². The molecule has 1 saturated heterocycles. The summed E-state index contributed by atoms with van der Waals surface area (Å²) in [4.78, 5) is 25.6. The van der Waals surface area contributed by atoms with Crippen molar-refractivity contribution in [2.24, 2.45) is 17.1 Å². The summed E-state index contributed by atoms with van der Waals surface area (Å²) in [7, 11) is 1.38. The molecule has 6 heteroatoms. The van der Waals surface area contributed by atoms with Gasteiger partial charge >= 0.3 is 5.97 Å². The number of ketones is 1. The van der Waals surface area contributed by atoms with Crippen molar-refractivity contribution in [1.82, 2.24) is 5.32 Å². The first kappa shape index (κ1) is 19.0. The molecule has 1 aromatic carbocycles. The molecule has 3 N–H and O–H groups in total. The van der Waals surface area contributed by atoms with Crippen LogP contribution in [0.1, 0.15) is 17.5 Å². The minimum Gasteiger partial charge on any atom is -0.469 e. The number of rotatable bonds is 6. The number of hydrogen-bond acceptors (Lipinski definition) is 6. The predicted molar refractivity (Wildman–Crippen MR) is 97.1 cm³/mol. The van der Waals surface area contributed by atoms with Crippen LogP contribution >= 0.6 is 12.6 Å². The summed E-state index contributed by atoms with van der Waals surface area (Å²) in [6.07, 6.45) is 1.02. The van der Waals surface area contributed by atoms with Crippen molar-refractivity contribution < 1.29 is 14.3 Å². The van der Waals surface area contributed by atoms with E-state index in [9.17, 15) is 9.59 Å². The van der Waals surface area contributed by atoms with E-state index < -0.39 is 17.4 Å². The van der Waals surface area contributed by atoms with Crippen molar-refractivity contribution in [3.8, 4) is 0 Å². The van der Waals surface area contributed by atoms with Gasteiger partial charge < -0.3 is 15.8 Å². The Kier molecular flexibility index (Phi) is 6.43. The van der Waals surface area contributed by atoms with Crippen LogP contribution in [-0.4, -0.2) is 43.7 Å². The molecule has 0 aliphatic carbocycles. The van der Waals surface area contributed by atoms with Crippen LogP contribution in [0.4, 0.5) is 0 Å². The molecule has 1 fully saturated rings. The smallest absolute Gasteiger partial charge is 0.312 e. The summed E-state index contributed by atoms with van der Waals surface area (Å²) in [5.41, 5.74) is 7.20. The third-order valence-corrected chi connectivity index (χ3v) is 5.42. The fourth-order valence-corrected chi connectivity index (χ4v) is 3.71. The lowest BCUT2D eigenvalue weighted by Crippen LogP contribution is -2.57. The minimum absolute atomic E-state index is 0.129. The number of benzene rings is 1. The van der Waals surface area contributed by atoms with Crippen LogP contribution in [-0.2, 0) is 20.7 Å². The normalized spacial score (nSPS) is 25.1. The fraction of sp³-hybridized carbons (Fsp3) is 0.556. The molecule has 0 spiro atoms. The van der Waals surface area contributed by atoms with E-state index in [1.165, 1.54) is 7.11 Å². The second-order valence-corrected chi connectivity index (χ2v) is 6.81. The first-order chi connectivity index (χ1) is 11.5. The van der Waals surface area contributed by atoms with Gasteiger partial charge in [0.05, 0.1) is 18.6 Å². The van der Waals surface area contributed by atoms with E-state index in [0.717, 1.165) is 11.1 Å². The van der Waals surface area contributed by atoms with Crippen molar-refractivity contribution in [3.63, 3.8) is 0 Å². The van der Waals surface area contributed by atoms with Crippen LogP contribution in [0.25, 0.3) is 0 Å². The maximum Gasteiger partial charge on any atom is 0.312 e. The molecule has 0 amide bonds. The summed E-state index contributed by atoms with van der Waals surface area (Å²) >= 11 is 4.14. The highest BCUT2D eigenvalue weighted by Crippen LogP contribution is 2.40.